The summed E-state index contributed by atoms with van der Waals surface area (Å²) in [5.41, 5.74) is 6.26. The molecule has 3 amide bonds. The lowest BCUT2D eigenvalue weighted by Gasteiger charge is -2.11. The maximum Gasteiger partial charge on any atom is 0.324 e. The van der Waals surface area contributed by atoms with E-state index >= 15 is 0 Å². The maximum atomic E-state index is 11.7. The summed E-state index contributed by atoms with van der Waals surface area (Å²) in [6.45, 7) is 0.997. The Hall–Kier alpha value is -1.69. The number of benzene rings is 1. The van der Waals surface area contributed by atoms with Gasteiger partial charge < -0.3 is 11.1 Å². The lowest BCUT2D eigenvalue weighted by Crippen LogP contribution is -2.35. The van der Waals surface area contributed by atoms with Crippen molar-refractivity contribution in [3.63, 3.8) is 0 Å². The van der Waals surface area contributed by atoms with Gasteiger partial charge in [-0.1, -0.05) is 0 Å². The van der Waals surface area contributed by atoms with E-state index in [9.17, 15) is 9.59 Å². The lowest BCUT2D eigenvalue weighted by atomic mass is 10.3. The van der Waals surface area contributed by atoms with Gasteiger partial charge in [0.1, 0.15) is 0 Å². The van der Waals surface area contributed by atoms with Crippen LogP contribution in [0.2, 0.25) is 0 Å². The Morgan fingerprint density at radius 1 is 1.41 bits per heavy atom. The van der Waals surface area contributed by atoms with Crippen molar-refractivity contribution in [1.29, 1.82) is 0 Å². The van der Waals surface area contributed by atoms with Crippen LogP contribution in [0.5, 0.6) is 0 Å². The molecule has 1 heterocycles. The summed E-state index contributed by atoms with van der Waals surface area (Å²) < 4.78 is 0. The summed E-state index contributed by atoms with van der Waals surface area (Å²) in [5.74, 6) is 0.0963. The average molecular weight is 251 g/mol. The molecule has 1 aromatic carbocycles. The molecule has 0 aliphatic carbocycles. The molecule has 2 rings (SSSR count). The number of hydrogen-bond donors (Lipinski definition) is 2. The van der Waals surface area contributed by atoms with Gasteiger partial charge in [0.15, 0.2) is 0 Å². The second kappa shape index (κ2) is 5.09. The number of imide groups is 1. The first-order valence-corrected chi connectivity index (χ1v) is 6.22. The summed E-state index contributed by atoms with van der Waals surface area (Å²) in [7, 11) is 0. The molecule has 17 heavy (non-hydrogen) atoms. The van der Waals surface area contributed by atoms with Crippen LogP contribution in [0.3, 0.4) is 0 Å². The topological polar surface area (TPSA) is 75.4 Å². The van der Waals surface area contributed by atoms with E-state index in [1.54, 1.807) is 12.1 Å². The number of carbonyl (C=O) groups is 2. The van der Waals surface area contributed by atoms with Gasteiger partial charge in [0.2, 0.25) is 5.91 Å². The van der Waals surface area contributed by atoms with E-state index in [0.717, 1.165) is 4.90 Å². The molecule has 90 valence electrons. The smallest absolute Gasteiger partial charge is 0.324 e. The molecular weight excluding hydrogens is 238 g/mol. The second-order valence-electron chi connectivity index (χ2n) is 3.64. The normalized spacial score (nSPS) is 14.8. The molecule has 0 atom stereocenters. The minimum Gasteiger partial charge on any atom is -0.399 e. The van der Waals surface area contributed by atoms with Gasteiger partial charge in [-0.25, -0.2) is 4.79 Å². The zero-order valence-electron chi connectivity index (χ0n) is 9.18. The summed E-state index contributed by atoms with van der Waals surface area (Å²) in [4.78, 5) is 25.2. The van der Waals surface area contributed by atoms with Crippen molar-refractivity contribution in [2.45, 2.75) is 4.90 Å². The largest absolute Gasteiger partial charge is 0.399 e. The zero-order chi connectivity index (χ0) is 12.3. The standard InChI is InChI=1S/C11H13N3O2S/c12-8-1-3-9(4-2-8)17-7-10(15)14-6-5-13-11(14)16/h1-4H,5-7,12H2,(H,13,16). The number of carbonyl (C=O) groups excluding carboxylic acids is 2. The zero-order valence-corrected chi connectivity index (χ0v) is 10.00. The molecule has 5 nitrogen and oxygen atoms in total. The van der Waals surface area contributed by atoms with Gasteiger partial charge in [0.05, 0.1) is 5.75 Å². The molecular formula is C11H13N3O2S. The molecule has 1 fully saturated rings. The third-order valence-electron chi connectivity index (χ3n) is 2.40. The summed E-state index contributed by atoms with van der Waals surface area (Å²) in [6.07, 6.45) is 0. The van der Waals surface area contributed by atoms with E-state index in [2.05, 4.69) is 5.32 Å². The number of urea groups is 1. The molecule has 3 N–H and O–H groups in total. The van der Waals surface area contributed by atoms with Crippen LogP contribution in [0.1, 0.15) is 0 Å². The Labute approximate surface area is 103 Å². The highest BCUT2D eigenvalue weighted by Crippen LogP contribution is 2.19. The molecule has 0 aromatic heterocycles. The van der Waals surface area contributed by atoms with Gasteiger partial charge in [-0.15, -0.1) is 11.8 Å². The van der Waals surface area contributed by atoms with Crippen LogP contribution >= 0.6 is 11.8 Å². The highest BCUT2D eigenvalue weighted by Gasteiger charge is 2.25. The molecule has 1 saturated heterocycles. The predicted molar refractivity (Wildman–Crippen MR) is 66.7 cm³/mol. The van der Waals surface area contributed by atoms with Crippen molar-refractivity contribution in [1.82, 2.24) is 10.2 Å². The number of nitrogens with one attached hydrogen (secondary N) is 1. The number of thioether (sulfide) groups is 1. The highest BCUT2D eigenvalue weighted by molar-refractivity contribution is 8.00. The first kappa shape index (κ1) is 11.8. The molecule has 1 aromatic rings. The number of nitrogens with zero attached hydrogens (tertiary/aromatic N) is 1. The quantitative estimate of drug-likeness (QED) is 0.618. The van der Waals surface area contributed by atoms with E-state index in [1.165, 1.54) is 16.7 Å². The van der Waals surface area contributed by atoms with Crippen molar-refractivity contribution in [3.8, 4) is 0 Å². The fourth-order valence-electron chi connectivity index (χ4n) is 1.50. The number of hydrogen-bond acceptors (Lipinski definition) is 4. The lowest BCUT2D eigenvalue weighted by molar-refractivity contribution is -0.124. The Kier molecular flexibility index (Phi) is 3.53. The minimum absolute atomic E-state index is 0.165. The van der Waals surface area contributed by atoms with Crippen LogP contribution in [0.15, 0.2) is 29.2 Å². The monoisotopic (exact) mass is 251 g/mol. The number of nitrogen functional groups attached to an aromatic ring is 1. The number of anilines is 1. The van der Waals surface area contributed by atoms with Gasteiger partial charge in [0, 0.05) is 23.7 Å². The fraction of sp³-hybridized carbons (Fsp3) is 0.273. The van der Waals surface area contributed by atoms with Crippen LogP contribution in [0.4, 0.5) is 10.5 Å². The van der Waals surface area contributed by atoms with Crippen molar-refractivity contribution in [2.24, 2.45) is 0 Å². The molecule has 0 bridgehead atoms. The third-order valence-corrected chi connectivity index (χ3v) is 3.40. The molecule has 0 spiro atoms. The van der Waals surface area contributed by atoms with Crippen molar-refractivity contribution >= 4 is 29.4 Å². The number of nitrogens with two attached hydrogens (primary N) is 1. The van der Waals surface area contributed by atoms with E-state index in [1.807, 2.05) is 12.1 Å². The van der Waals surface area contributed by atoms with Crippen LogP contribution in [-0.4, -0.2) is 35.7 Å². The first-order valence-electron chi connectivity index (χ1n) is 5.23. The Morgan fingerprint density at radius 3 is 2.71 bits per heavy atom. The summed E-state index contributed by atoms with van der Waals surface area (Å²) in [5, 5.41) is 2.60. The molecule has 0 radical (unpaired) electrons. The highest BCUT2D eigenvalue weighted by atomic mass is 32.2. The molecule has 0 unspecified atom stereocenters. The van der Waals surface area contributed by atoms with Crippen LogP contribution < -0.4 is 11.1 Å². The van der Waals surface area contributed by atoms with Crippen LogP contribution in [-0.2, 0) is 4.79 Å². The Bertz CT molecular complexity index is 433. The van der Waals surface area contributed by atoms with Gasteiger partial charge in [-0.3, -0.25) is 9.69 Å². The van der Waals surface area contributed by atoms with E-state index < -0.39 is 0 Å². The molecule has 6 heteroatoms. The second-order valence-corrected chi connectivity index (χ2v) is 4.68. The van der Waals surface area contributed by atoms with Gasteiger partial charge >= 0.3 is 6.03 Å². The number of rotatable bonds is 3. The third kappa shape index (κ3) is 2.91. The first-order chi connectivity index (χ1) is 8.16. The summed E-state index contributed by atoms with van der Waals surface area (Å²) in [6, 6.07) is 6.99. The van der Waals surface area contributed by atoms with E-state index in [0.29, 0.717) is 18.8 Å². The molecule has 1 aliphatic heterocycles. The average Bonchev–Trinajstić information content (AvgIpc) is 2.74. The Morgan fingerprint density at radius 2 is 2.12 bits per heavy atom. The van der Waals surface area contributed by atoms with Gasteiger partial charge in [-0.05, 0) is 24.3 Å². The van der Waals surface area contributed by atoms with Crippen molar-refractivity contribution in [2.75, 3.05) is 24.6 Å². The molecule has 0 saturated carbocycles. The van der Waals surface area contributed by atoms with E-state index in [4.69, 9.17) is 5.73 Å². The minimum atomic E-state index is -0.298. The van der Waals surface area contributed by atoms with Crippen molar-refractivity contribution in [3.05, 3.63) is 24.3 Å². The van der Waals surface area contributed by atoms with Gasteiger partial charge in [-0.2, -0.15) is 0 Å². The number of amides is 3. The predicted octanol–water partition coefficient (Wildman–Crippen LogP) is 0.913. The van der Waals surface area contributed by atoms with Crippen molar-refractivity contribution < 1.29 is 9.59 Å². The fourth-order valence-corrected chi connectivity index (χ4v) is 2.27. The maximum absolute atomic E-state index is 11.7. The SMILES string of the molecule is Nc1ccc(SCC(=O)N2CCNC2=O)cc1. The summed E-state index contributed by atoms with van der Waals surface area (Å²) >= 11 is 1.40. The van der Waals surface area contributed by atoms with Crippen LogP contribution in [0, 0.1) is 0 Å². The Balaban J connectivity index is 1.87. The van der Waals surface area contributed by atoms with Crippen LogP contribution in [0.25, 0.3) is 0 Å². The van der Waals surface area contributed by atoms with Gasteiger partial charge in [0.25, 0.3) is 0 Å². The van der Waals surface area contributed by atoms with E-state index in [-0.39, 0.29) is 17.7 Å². The molecule has 1 aliphatic rings.